The Morgan fingerprint density at radius 1 is 1.22 bits per heavy atom. The van der Waals surface area contributed by atoms with Gasteiger partial charge in [0.2, 0.25) is 0 Å². The zero-order valence-corrected chi connectivity index (χ0v) is 12.0. The first kappa shape index (κ1) is 13.6. The summed E-state index contributed by atoms with van der Waals surface area (Å²) in [6, 6.07) is 7.63. The summed E-state index contributed by atoms with van der Waals surface area (Å²) in [5, 5.41) is 3.46. The third-order valence-corrected chi connectivity index (χ3v) is 3.66. The van der Waals surface area contributed by atoms with Crippen LogP contribution in [0.4, 0.5) is 0 Å². The molecule has 0 atom stereocenters. The molecule has 0 fully saturated rings. The van der Waals surface area contributed by atoms with Crippen LogP contribution in [0.5, 0.6) is 0 Å². The Morgan fingerprint density at radius 3 is 2.78 bits per heavy atom. The molecule has 1 aliphatic carbocycles. The van der Waals surface area contributed by atoms with Gasteiger partial charge in [0.05, 0.1) is 0 Å². The molecule has 18 heavy (non-hydrogen) atoms. The second kappa shape index (κ2) is 6.35. The van der Waals surface area contributed by atoms with E-state index in [9.17, 15) is 0 Å². The fourth-order valence-electron chi connectivity index (χ4n) is 2.66. The van der Waals surface area contributed by atoms with Crippen LogP contribution in [0.25, 0.3) is 0 Å². The molecule has 0 amide bonds. The van der Waals surface area contributed by atoms with Gasteiger partial charge in [-0.2, -0.15) is 0 Å². The van der Waals surface area contributed by atoms with Crippen LogP contribution in [-0.2, 0) is 19.4 Å². The maximum absolute atomic E-state index is 3.46. The van der Waals surface area contributed by atoms with Gasteiger partial charge in [-0.3, -0.25) is 0 Å². The number of benzene rings is 1. The number of hydrogen-bond donors (Lipinski definition) is 1. The molecule has 1 aromatic carbocycles. The van der Waals surface area contributed by atoms with Crippen molar-refractivity contribution in [1.82, 2.24) is 10.2 Å². The van der Waals surface area contributed by atoms with Crippen molar-refractivity contribution in [2.75, 3.05) is 20.1 Å². The smallest absolute Gasteiger partial charge is 0.0231 e. The molecule has 0 radical (unpaired) electrons. The van der Waals surface area contributed by atoms with E-state index in [0.717, 1.165) is 19.6 Å². The molecule has 1 aromatic rings. The highest BCUT2D eigenvalue weighted by Crippen LogP contribution is 2.23. The summed E-state index contributed by atoms with van der Waals surface area (Å²) in [4.78, 5) is 2.39. The standard InChI is InChI=1S/C16H26N2/c1-13(2)17-9-10-18(3)12-14-7-8-15-5-4-6-16(15)11-14/h7-8,11,13,17H,4-6,9-10,12H2,1-3H3. The Kier molecular flexibility index (Phi) is 4.79. The molecule has 100 valence electrons. The van der Waals surface area contributed by atoms with E-state index in [1.54, 1.807) is 11.1 Å². The summed E-state index contributed by atoms with van der Waals surface area (Å²) in [6.07, 6.45) is 3.90. The lowest BCUT2D eigenvalue weighted by Gasteiger charge is -2.18. The number of nitrogens with one attached hydrogen (secondary N) is 1. The first-order valence-electron chi connectivity index (χ1n) is 7.18. The largest absolute Gasteiger partial charge is 0.313 e. The van der Waals surface area contributed by atoms with Crippen molar-refractivity contribution in [3.63, 3.8) is 0 Å². The number of aryl methyl sites for hydroxylation is 2. The first-order chi connectivity index (χ1) is 8.65. The Balaban J connectivity index is 1.82. The lowest BCUT2D eigenvalue weighted by molar-refractivity contribution is 0.320. The van der Waals surface area contributed by atoms with E-state index in [1.807, 2.05) is 0 Å². The third-order valence-electron chi connectivity index (χ3n) is 3.66. The quantitative estimate of drug-likeness (QED) is 0.830. The van der Waals surface area contributed by atoms with Crippen LogP contribution >= 0.6 is 0 Å². The minimum Gasteiger partial charge on any atom is -0.313 e. The second-order valence-corrected chi connectivity index (χ2v) is 5.80. The summed E-state index contributed by atoms with van der Waals surface area (Å²) in [5.74, 6) is 0. The highest BCUT2D eigenvalue weighted by atomic mass is 15.1. The van der Waals surface area contributed by atoms with E-state index in [-0.39, 0.29) is 0 Å². The van der Waals surface area contributed by atoms with Crippen molar-refractivity contribution < 1.29 is 0 Å². The summed E-state index contributed by atoms with van der Waals surface area (Å²) < 4.78 is 0. The van der Waals surface area contributed by atoms with E-state index in [2.05, 4.69) is 49.3 Å². The maximum atomic E-state index is 3.46. The van der Waals surface area contributed by atoms with E-state index in [1.165, 1.54) is 24.8 Å². The second-order valence-electron chi connectivity index (χ2n) is 5.80. The summed E-state index contributed by atoms with van der Waals surface area (Å²) in [5.41, 5.74) is 4.62. The number of nitrogens with zero attached hydrogens (tertiary/aromatic N) is 1. The summed E-state index contributed by atoms with van der Waals surface area (Å²) >= 11 is 0. The van der Waals surface area contributed by atoms with Crippen LogP contribution in [0.1, 0.15) is 37.0 Å². The van der Waals surface area contributed by atoms with E-state index < -0.39 is 0 Å². The molecule has 2 rings (SSSR count). The van der Waals surface area contributed by atoms with Crippen molar-refractivity contribution in [2.24, 2.45) is 0 Å². The average molecular weight is 246 g/mol. The third kappa shape index (κ3) is 3.82. The van der Waals surface area contributed by atoms with Crippen LogP contribution in [0.2, 0.25) is 0 Å². The van der Waals surface area contributed by atoms with Crippen molar-refractivity contribution in [3.8, 4) is 0 Å². The maximum Gasteiger partial charge on any atom is 0.0231 e. The molecule has 0 aromatic heterocycles. The number of rotatable bonds is 6. The summed E-state index contributed by atoms with van der Waals surface area (Å²) in [6.45, 7) is 7.63. The number of hydrogen-bond acceptors (Lipinski definition) is 2. The predicted molar refractivity (Wildman–Crippen MR) is 77.9 cm³/mol. The van der Waals surface area contributed by atoms with Crippen LogP contribution < -0.4 is 5.32 Å². The average Bonchev–Trinajstić information content (AvgIpc) is 2.75. The fourth-order valence-corrected chi connectivity index (χ4v) is 2.66. The molecular weight excluding hydrogens is 220 g/mol. The SMILES string of the molecule is CC(C)NCCN(C)Cc1ccc2c(c1)CCC2. The molecular formula is C16H26N2. The zero-order valence-electron chi connectivity index (χ0n) is 12.0. The molecule has 2 heteroatoms. The van der Waals surface area contributed by atoms with Crippen molar-refractivity contribution in [3.05, 3.63) is 34.9 Å². The van der Waals surface area contributed by atoms with Gasteiger partial charge in [-0.25, -0.2) is 0 Å². The van der Waals surface area contributed by atoms with Gasteiger partial charge in [0, 0.05) is 25.7 Å². The zero-order chi connectivity index (χ0) is 13.0. The fraction of sp³-hybridized carbons (Fsp3) is 0.625. The van der Waals surface area contributed by atoms with Crippen molar-refractivity contribution >= 4 is 0 Å². The van der Waals surface area contributed by atoms with Gasteiger partial charge < -0.3 is 10.2 Å². The van der Waals surface area contributed by atoms with E-state index in [0.29, 0.717) is 6.04 Å². The molecule has 0 bridgehead atoms. The van der Waals surface area contributed by atoms with Crippen LogP contribution in [-0.4, -0.2) is 31.1 Å². The number of fused-ring (bicyclic) bond motifs is 1. The van der Waals surface area contributed by atoms with Crippen molar-refractivity contribution in [1.29, 1.82) is 0 Å². The van der Waals surface area contributed by atoms with E-state index in [4.69, 9.17) is 0 Å². The molecule has 1 N–H and O–H groups in total. The molecule has 0 aliphatic heterocycles. The van der Waals surface area contributed by atoms with Gasteiger partial charge in [0.1, 0.15) is 0 Å². The molecule has 0 heterocycles. The van der Waals surface area contributed by atoms with Gasteiger partial charge in [-0.1, -0.05) is 32.0 Å². The molecule has 2 nitrogen and oxygen atoms in total. The molecule has 0 saturated heterocycles. The van der Waals surface area contributed by atoms with Crippen molar-refractivity contribution in [2.45, 2.75) is 45.7 Å². The predicted octanol–water partition coefficient (Wildman–Crippen LogP) is 2.61. The number of likely N-dealkylation sites (N-methyl/N-ethyl adjacent to an activating group) is 1. The Hall–Kier alpha value is -0.860. The van der Waals surface area contributed by atoms with Gasteiger partial charge in [-0.15, -0.1) is 0 Å². The van der Waals surface area contributed by atoms with Gasteiger partial charge >= 0.3 is 0 Å². The minimum absolute atomic E-state index is 0.582. The minimum atomic E-state index is 0.582. The highest BCUT2D eigenvalue weighted by Gasteiger charge is 2.11. The topological polar surface area (TPSA) is 15.3 Å². The van der Waals surface area contributed by atoms with E-state index >= 15 is 0 Å². The Bertz CT molecular complexity index is 385. The monoisotopic (exact) mass is 246 g/mol. The normalized spacial score (nSPS) is 14.5. The lowest BCUT2D eigenvalue weighted by Crippen LogP contribution is -2.32. The first-order valence-corrected chi connectivity index (χ1v) is 7.18. The highest BCUT2D eigenvalue weighted by molar-refractivity contribution is 5.35. The lowest BCUT2D eigenvalue weighted by atomic mass is 10.1. The van der Waals surface area contributed by atoms with Gasteiger partial charge in [0.25, 0.3) is 0 Å². The molecule has 0 spiro atoms. The van der Waals surface area contributed by atoms with Crippen LogP contribution in [0, 0.1) is 0 Å². The summed E-state index contributed by atoms with van der Waals surface area (Å²) in [7, 11) is 2.20. The van der Waals surface area contributed by atoms with Gasteiger partial charge in [0.15, 0.2) is 0 Å². The molecule has 1 aliphatic rings. The van der Waals surface area contributed by atoms with Gasteiger partial charge in [-0.05, 0) is 43.0 Å². The van der Waals surface area contributed by atoms with Crippen LogP contribution in [0.3, 0.4) is 0 Å². The Labute approximate surface area is 111 Å². The Morgan fingerprint density at radius 2 is 2.00 bits per heavy atom. The molecule has 0 saturated carbocycles. The molecule has 0 unspecified atom stereocenters. The van der Waals surface area contributed by atoms with Crippen LogP contribution in [0.15, 0.2) is 18.2 Å².